The second kappa shape index (κ2) is 9.23. The molecule has 1 aromatic heterocycles. The molecule has 2 aromatic carbocycles. The summed E-state index contributed by atoms with van der Waals surface area (Å²) in [6.07, 6.45) is -0.0286. The third-order valence-electron chi connectivity index (χ3n) is 5.39. The number of ether oxygens (including phenoxy) is 1. The number of hydrogen-bond donors (Lipinski definition) is 2. The van der Waals surface area contributed by atoms with Gasteiger partial charge in [0.1, 0.15) is 12.4 Å². The van der Waals surface area contributed by atoms with Crippen molar-refractivity contribution in [2.24, 2.45) is 0 Å². The number of carboxylic acid groups (broad SMARTS) is 1. The van der Waals surface area contributed by atoms with Gasteiger partial charge < -0.3 is 15.2 Å². The molecule has 1 fully saturated rings. The third kappa shape index (κ3) is 4.92. The molecule has 2 N–H and O–H groups in total. The van der Waals surface area contributed by atoms with Crippen molar-refractivity contribution in [3.05, 3.63) is 89.2 Å². The largest absolute Gasteiger partial charge is 0.476 e. The highest BCUT2D eigenvalue weighted by atomic mass is 19.1. The zero-order valence-corrected chi connectivity index (χ0v) is 17.7. The lowest BCUT2D eigenvalue weighted by atomic mass is 10.0. The molecule has 1 saturated heterocycles. The minimum Gasteiger partial charge on any atom is -0.476 e. The summed E-state index contributed by atoms with van der Waals surface area (Å²) in [4.78, 5) is 28.7. The molecular weight excluding hydrogens is 432 g/mol. The van der Waals surface area contributed by atoms with Gasteiger partial charge in [-0.2, -0.15) is 4.39 Å². The average Bonchev–Trinajstić information content (AvgIpc) is 3.14. The Bertz CT molecular complexity index is 1190. The highest BCUT2D eigenvalue weighted by Crippen LogP contribution is 2.30. The van der Waals surface area contributed by atoms with E-state index >= 15 is 0 Å². The van der Waals surface area contributed by atoms with Gasteiger partial charge in [-0.15, -0.1) is 0 Å². The number of pyridine rings is 1. The standard InChI is InChI=1S/C24H21F2N3O4/c1-14(27-20-7-8-21(26)28-22(20)23(30)31)16-10-17(25)12-18(11-16)29-19(13-33-24(29)32)9-15-5-3-2-4-6-15/h2-8,10-12,14,19,27H,9,13H2,1H3,(H,30,31)/t14?,19-/m0/s1. The minimum atomic E-state index is -1.40. The molecule has 0 radical (unpaired) electrons. The highest BCUT2D eigenvalue weighted by molar-refractivity contribution is 5.92. The zero-order chi connectivity index (χ0) is 23.5. The van der Waals surface area contributed by atoms with E-state index in [1.807, 2.05) is 30.3 Å². The number of carbonyl (C=O) groups is 2. The van der Waals surface area contributed by atoms with Crippen LogP contribution in [0.3, 0.4) is 0 Å². The normalized spacial score (nSPS) is 16.4. The van der Waals surface area contributed by atoms with Crippen LogP contribution in [0.1, 0.15) is 34.6 Å². The molecule has 0 spiro atoms. The number of carbonyl (C=O) groups excluding carboxylic acids is 1. The zero-order valence-electron chi connectivity index (χ0n) is 17.7. The molecule has 33 heavy (non-hydrogen) atoms. The van der Waals surface area contributed by atoms with Crippen molar-refractivity contribution < 1.29 is 28.2 Å². The molecule has 1 aliphatic heterocycles. The molecule has 2 heterocycles. The summed E-state index contributed by atoms with van der Waals surface area (Å²) < 4.78 is 33.2. The van der Waals surface area contributed by atoms with Gasteiger partial charge in [0.25, 0.3) is 0 Å². The molecule has 0 aliphatic carbocycles. The minimum absolute atomic E-state index is 0.0877. The Labute approximate surface area is 188 Å². The van der Waals surface area contributed by atoms with Gasteiger partial charge in [0.2, 0.25) is 5.95 Å². The summed E-state index contributed by atoms with van der Waals surface area (Å²) in [7, 11) is 0. The van der Waals surface area contributed by atoms with Crippen molar-refractivity contribution in [3.63, 3.8) is 0 Å². The van der Waals surface area contributed by atoms with Crippen LogP contribution in [0.5, 0.6) is 0 Å². The summed E-state index contributed by atoms with van der Waals surface area (Å²) >= 11 is 0. The Hall–Kier alpha value is -4.01. The molecule has 7 nitrogen and oxygen atoms in total. The van der Waals surface area contributed by atoms with Gasteiger partial charge >= 0.3 is 12.1 Å². The number of anilines is 2. The SMILES string of the molecule is CC(Nc1ccc(F)nc1C(=O)O)c1cc(F)cc(N2C(=O)OC[C@@H]2Cc2ccccc2)c1. The van der Waals surface area contributed by atoms with E-state index in [1.54, 1.807) is 13.0 Å². The maximum Gasteiger partial charge on any atom is 0.414 e. The summed E-state index contributed by atoms with van der Waals surface area (Å²) in [6, 6.07) is 15.2. The molecule has 0 bridgehead atoms. The number of cyclic esters (lactones) is 1. The summed E-state index contributed by atoms with van der Waals surface area (Å²) in [5.74, 6) is -2.88. The monoisotopic (exact) mass is 453 g/mol. The number of nitrogens with zero attached hydrogens (tertiary/aromatic N) is 2. The van der Waals surface area contributed by atoms with Crippen LogP contribution in [0, 0.1) is 11.8 Å². The summed E-state index contributed by atoms with van der Waals surface area (Å²) in [5, 5.41) is 12.2. The van der Waals surface area contributed by atoms with Crippen LogP contribution in [0.2, 0.25) is 0 Å². The van der Waals surface area contributed by atoms with Crippen LogP contribution in [-0.4, -0.2) is 34.8 Å². The highest BCUT2D eigenvalue weighted by Gasteiger charge is 2.35. The number of aromatic nitrogens is 1. The quantitative estimate of drug-likeness (QED) is 0.500. The van der Waals surface area contributed by atoms with Crippen molar-refractivity contribution in [2.45, 2.75) is 25.4 Å². The van der Waals surface area contributed by atoms with Crippen LogP contribution in [0.4, 0.5) is 25.0 Å². The first-order chi connectivity index (χ1) is 15.8. The van der Waals surface area contributed by atoms with E-state index in [1.165, 1.54) is 23.1 Å². The number of aromatic carboxylic acids is 1. The average molecular weight is 453 g/mol. The molecule has 1 unspecified atom stereocenters. The number of halogens is 2. The molecule has 3 aromatic rings. The van der Waals surface area contributed by atoms with Crippen LogP contribution < -0.4 is 10.2 Å². The van der Waals surface area contributed by atoms with E-state index in [0.717, 1.165) is 11.6 Å². The first-order valence-corrected chi connectivity index (χ1v) is 10.3. The number of nitrogens with one attached hydrogen (secondary N) is 1. The lowest BCUT2D eigenvalue weighted by Crippen LogP contribution is -2.35. The van der Waals surface area contributed by atoms with Gasteiger partial charge in [-0.25, -0.2) is 19.0 Å². The molecule has 1 amide bonds. The van der Waals surface area contributed by atoms with Crippen molar-refractivity contribution >= 4 is 23.4 Å². The number of hydrogen-bond acceptors (Lipinski definition) is 5. The Morgan fingerprint density at radius 3 is 2.70 bits per heavy atom. The molecule has 0 saturated carbocycles. The lowest BCUT2D eigenvalue weighted by molar-refractivity contribution is 0.0690. The molecular formula is C24H21F2N3O4. The van der Waals surface area contributed by atoms with Crippen LogP contribution in [0.25, 0.3) is 0 Å². The van der Waals surface area contributed by atoms with Crippen LogP contribution in [0.15, 0.2) is 60.7 Å². The van der Waals surface area contributed by atoms with E-state index < -0.39 is 35.6 Å². The van der Waals surface area contributed by atoms with Gasteiger partial charge in [0.05, 0.1) is 17.4 Å². The maximum absolute atomic E-state index is 14.6. The van der Waals surface area contributed by atoms with E-state index in [9.17, 15) is 23.5 Å². The number of rotatable bonds is 7. The fraction of sp³-hybridized carbons (Fsp3) is 0.208. The van der Waals surface area contributed by atoms with Gasteiger partial charge in [0.15, 0.2) is 5.69 Å². The second-order valence-corrected chi connectivity index (χ2v) is 7.73. The molecule has 9 heteroatoms. The van der Waals surface area contributed by atoms with Crippen molar-refractivity contribution in [3.8, 4) is 0 Å². The fourth-order valence-corrected chi connectivity index (χ4v) is 3.83. The Morgan fingerprint density at radius 1 is 1.21 bits per heavy atom. The first-order valence-electron chi connectivity index (χ1n) is 10.3. The van der Waals surface area contributed by atoms with Gasteiger partial charge in [-0.3, -0.25) is 4.90 Å². The summed E-state index contributed by atoms with van der Waals surface area (Å²) in [5.41, 5.74) is 1.42. The Morgan fingerprint density at radius 2 is 1.97 bits per heavy atom. The number of amides is 1. The predicted octanol–water partition coefficient (Wildman–Crippen LogP) is 4.80. The van der Waals surface area contributed by atoms with Gasteiger partial charge in [-0.05, 0) is 54.8 Å². The van der Waals surface area contributed by atoms with Crippen molar-refractivity contribution in [1.82, 2.24) is 4.98 Å². The van der Waals surface area contributed by atoms with Crippen LogP contribution >= 0.6 is 0 Å². The second-order valence-electron chi connectivity index (χ2n) is 7.73. The summed E-state index contributed by atoms with van der Waals surface area (Å²) in [6.45, 7) is 1.87. The topological polar surface area (TPSA) is 91.8 Å². The van der Waals surface area contributed by atoms with Crippen molar-refractivity contribution in [1.29, 1.82) is 0 Å². The Balaban J connectivity index is 1.61. The Kier molecular flexibility index (Phi) is 6.21. The van der Waals surface area contributed by atoms with E-state index in [-0.39, 0.29) is 18.3 Å². The maximum atomic E-state index is 14.6. The van der Waals surface area contributed by atoms with Crippen LogP contribution in [-0.2, 0) is 11.2 Å². The number of carboxylic acids is 1. The molecule has 170 valence electrons. The van der Waals surface area contributed by atoms with E-state index in [4.69, 9.17) is 4.74 Å². The molecule has 4 rings (SSSR count). The first kappa shape index (κ1) is 22.2. The van der Waals surface area contributed by atoms with Gasteiger partial charge in [-0.1, -0.05) is 30.3 Å². The fourth-order valence-electron chi connectivity index (χ4n) is 3.83. The number of benzene rings is 2. The van der Waals surface area contributed by atoms with E-state index in [0.29, 0.717) is 17.7 Å². The third-order valence-corrected chi connectivity index (χ3v) is 5.39. The predicted molar refractivity (Wildman–Crippen MR) is 117 cm³/mol. The van der Waals surface area contributed by atoms with E-state index in [2.05, 4.69) is 10.3 Å². The van der Waals surface area contributed by atoms with Crippen molar-refractivity contribution in [2.75, 3.05) is 16.8 Å². The molecule has 1 aliphatic rings. The molecule has 2 atom stereocenters. The lowest BCUT2D eigenvalue weighted by Gasteiger charge is -2.24. The van der Waals surface area contributed by atoms with Gasteiger partial charge in [0, 0.05) is 6.04 Å². The smallest absolute Gasteiger partial charge is 0.414 e.